The summed E-state index contributed by atoms with van der Waals surface area (Å²) in [5.74, 6) is -1.27. The van der Waals surface area contributed by atoms with Crippen LogP contribution in [0.25, 0.3) is 0 Å². The third-order valence-electron chi connectivity index (χ3n) is 3.90. The fraction of sp³-hybridized carbons (Fsp3) is 0.857. The van der Waals surface area contributed by atoms with E-state index in [9.17, 15) is 9.59 Å². The molecule has 2 N–H and O–H groups in total. The number of hydrogen-bond acceptors (Lipinski definition) is 3. The molecule has 19 heavy (non-hydrogen) atoms. The number of carboxylic acid groups (broad SMARTS) is 1. The van der Waals surface area contributed by atoms with Crippen LogP contribution in [0.2, 0.25) is 0 Å². The second-order valence-electron chi connectivity index (χ2n) is 5.49. The molecule has 0 spiro atoms. The summed E-state index contributed by atoms with van der Waals surface area (Å²) >= 11 is 0. The second-order valence-corrected chi connectivity index (χ2v) is 5.49. The van der Waals surface area contributed by atoms with E-state index in [0.29, 0.717) is 19.1 Å². The lowest BCUT2D eigenvalue weighted by Crippen LogP contribution is -2.45. The summed E-state index contributed by atoms with van der Waals surface area (Å²) in [7, 11) is 1.62. The number of carboxylic acids is 1. The molecule has 1 amide bonds. The number of likely N-dealkylation sites (N-methyl/N-ethyl adjacent to an activating group) is 1. The largest absolute Gasteiger partial charge is 0.481 e. The minimum Gasteiger partial charge on any atom is -0.481 e. The molecule has 1 fully saturated rings. The monoisotopic (exact) mass is 270 g/mol. The van der Waals surface area contributed by atoms with Gasteiger partial charge in [0, 0.05) is 19.6 Å². The maximum absolute atomic E-state index is 11.6. The number of carbonyl (C=O) groups is 2. The van der Waals surface area contributed by atoms with Crippen LogP contribution in [0.3, 0.4) is 0 Å². The van der Waals surface area contributed by atoms with Crippen LogP contribution in [-0.2, 0) is 9.59 Å². The molecule has 1 saturated carbocycles. The Kier molecular flexibility index (Phi) is 6.84. The van der Waals surface area contributed by atoms with E-state index < -0.39 is 11.9 Å². The van der Waals surface area contributed by atoms with Gasteiger partial charge in [0.05, 0.1) is 12.5 Å². The summed E-state index contributed by atoms with van der Waals surface area (Å²) in [5.41, 5.74) is 0. The van der Waals surface area contributed by atoms with Crippen LogP contribution in [0, 0.1) is 5.92 Å². The minimum atomic E-state index is -0.796. The van der Waals surface area contributed by atoms with Crippen LogP contribution in [0.5, 0.6) is 0 Å². The van der Waals surface area contributed by atoms with E-state index >= 15 is 0 Å². The van der Waals surface area contributed by atoms with Gasteiger partial charge >= 0.3 is 5.97 Å². The molecule has 5 nitrogen and oxygen atoms in total. The molecular weight excluding hydrogens is 244 g/mol. The first-order valence-corrected chi connectivity index (χ1v) is 7.22. The van der Waals surface area contributed by atoms with Crippen molar-refractivity contribution in [2.24, 2.45) is 5.92 Å². The summed E-state index contributed by atoms with van der Waals surface area (Å²) in [6, 6.07) is 0.349. The highest BCUT2D eigenvalue weighted by Gasteiger charge is 2.25. The Bertz CT molecular complexity index is 299. The Hall–Kier alpha value is -1.10. The van der Waals surface area contributed by atoms with Gasteiger partial charge < -0.3 is 10.4 Å². The molecule has 0 aromatic carbocycles. The maximum atomic E-state index is 11.6. The first kappa shape index (κ1) is 16.0. The Balaban J connectivity index is 2.65. The van der Waals surface area contributed by atoms with Gasteiger partial charge in [0.2, 0.25) is 5.91 Å². The molecule has 0 bridgehead atoms. The normalized spacial score (nSPS) is 18.9. The molecule has 1 rings (SSSR count). The van der Waals surface area contributed by atoms with Crippen molar-refractivity contribution < 1.29 is 14.7 Å². The standard InChI is InChI=1S/C14H26N2O3/c1-11(14(18)19)9-16(10-13(17)15-2)12-7-5-3-4-6-8-12/h11-12H,3-10H2,1-2H3,(H,15,17)(H,18,19). The van der Waals surface area contributed by atoms with E-state index in [1.807, 2.05) is 0 Å². The first-order chi connectivity index (χ1) is 9.04. The SMILES string of the molecule is CNC(=O)CN(CC(C)C(=O)O)C1CCCCCC1. The molecule has 110 valence electrons. The van der Waals surface area contributed by atoms with Crippen molar-refractivity contribution in [3.05, 3.63) is 0 Å². The molecule has 0 aliphatic heterocycles. The lowest BCUT2D eigenvalue weighted by Gasteiger charge is -2.31. The molecule has 0 heterocycles. The molecule has 1 atom stereocenters. The number of hydrogen-bond donors (Lipinski definition) is 2. The summed E-state index contributed by atoms with van der Waals surface area (Å²) < 4.78 is 0. The van der Waals surface area contributed by atoms with Crippen molar-refractivity contribution in [2.45, 2.75) is 51.5 Å². The van der Waals surface area contributed by atoms with E-state index in [0.717, 1.165) is 12.8 Å². The van der Waals surface area contributed by atoms with E-state index in [1.54, 1.807) is 14.0 Å². The van der Waals surface area contributed by atoms with Crippen molar-refractivity contribution in [3.63, 3.8) is 0 Å². The zero-order chi connectivity index (χ0) is 14.3. The average molecular weight is 270 g/mol. The van der Waals surface area contributed by atoms with Gasteiger partial charge in [0.25, 0.3) is 0 Å². The number of carbonyl (C=O) groups excluding carboxylic acids is 1. The number of amides is 1. The van der Waals surface area contributed by atoms with Gasteiger partial charge in [-0.25, -0.2) is 0 Å². The molecule has 1 aliphatic carbocycles. The molecule has 1 unspecified atom stereocenters. The molecule has 0 radical (unpaired) electrons. The first-order valence-electron chi connectivity index (χ1n) is 7.22. The molecule has 5 heteroatoms. The quantitative estimate of drug-likeness (QED) is 0.717. The van der Waals surface area contributed by atoms with Gasteiger partial charge in [-0.1, -0.05) is 32.6 Å². The molecular formula is C14H26N2O3. The predicted molar refractivity (Wildman–Crippen MR) is 73.9 cm³/mol. The van der Waals surface area contributed by atoms with Crippen LogP contribution >= 0.6 is 0 Å². The highest BCUT2D eigenvalue weighted by molar-refractivity contribution is 5.77. The van der Waals surface area contributed by atoms with Crippen molar-refractivity contribution in [1.82, 2.24) is 10.2 Å². The van der Waals surface area contributed by atoms with Crippen molar-refractivity contribution >= 4 is 11.9 Å². The van der Waals surface area contributed by atoms with Gasteiger partial charge in [0.15, 0.2) is 0 Å². The smallest absolute Gasteiger partial charge is 0.307 e. The van der Waals surface area contributed by atoms with Crippen LogP contribution in [0.1, 0.15) is 45.4 Å². The zero-order valence-electron chi connectivity index (χ0n) is 12.0. The third kappa shape index (κ3) is 5.59. The highest BCUT2D eigenvalue weighted by Crippen LogP contribution is 2.22. The third-order valence-corrected chi connectivity index (χ3v) is 3.90. The Morgan fingerprint density at radius 2 is 1.84 bits per heavy atom. The fourth-order valence-corrected chi connectivity index (χ4v) is 2.66. The van der Waals surface area contributed by atoms with E-state index in [1.165, 1.54) is 25.7 Å². The average Bonchev–Trinajstić information content (AvgIpc) is 2.66. The van der Waals surface area contributed by atoms with Gasteiger partial charge in [-0.3, -0.25) is 14.5 Å². The maximum Gasteiger partial charge on any atom is 0.307 e. The van der Waals surface area contributed by atoms with Crippen LogP contribution in [0.4, 0.5) is 0 Å². The zero-order valence-corrected chi connectivity index (χ0v) is 12.0. The van der Waals surface area contributed by atoms with Gasteiger partial charge in [-0.15, -0.1) is 0 Å². The molecule has 1 aliphatic rings. The highest BCUT2D eigenvalue weighted by atomic mass is 16.4. The van der Waals surface area contributed by atoms with Crippen LogP contribution in [0.15, 0.2) is 0 Å². The van der Waals surface area contributed by atoms with Crippen molar-refractivity contribution in [3.8, 4) is 0 Å². The predicted octanol–water partition coefficient (Wildman–Crippen LogP) is 1.48. The summed E-state index contributed by atoms with van der Waals surface area (Å²) in [5, 5.41) is 11.7. The number of nitrogens with one attached hydrogen (secondary N) is 1. The van der Waals surface area contributed by atoms with Crippen LogP contribution < -0.4 is 5.32 Å². The number of rotatable bonds is 6. The van der Waals surface area contributed by atoms with E-state index in [2.05, 4.69) is 10.2 Å². The number of aliphatic carboxylic acids is 1. The van der Waals surface area contributed by atoms with Gasteiger partial charge in [-0.05, 0) is 12.8 Å². The van der Waals surface area contributed by atoms with Crippen molar-refractivity contribution in [1.29, 1.82) is 0 Å². The van der Waals surface area contributed by atoms with Crippen molar-refractivity contribution in [2.75, 3.05) is 20.1 Å². The summed E-state index contributed by atoms with van der Waals surface area (Å²) in [6.45, 7) is 2.46. The van der Waals surface area contributed by atoms with E-state index in [-0.39, 0.29) is 5.91 Å². The molecule has 0 aromatic heterocycles. The molecule has 0 aromatic rings. The summed E-state index contributed by atoms with van der Waals surface area (Å²) in [4.78, 5) is 24.7. The minimum absolute atomic E-state index is 0.0400. The van der Waals surface area contributed by atoms with Crippen LogP contribution in [-0.4, -0.2) is 48.1 Å². The molecule has 0 saturated heterocycles. The van der Waals surface area contributed by atoms with Gasteiger partial charge in [0.1, 0.15) is 0 Å². The Morgan fingerprint density at radius 1 is 1.26 bits per heavy atom. The Labute approximate surface area is 115 Å². The lowest BCUT2D eigenvalue weighted by molar-refractivity contribution is -0.142. The second kappa shape index (κ2) is 8.15. The number of nitrogens with zero attached hydrogens (tertiary/aromatic N) is 1. The summed E-state index contributed by atoms with van der Waals surface area (Å²) in [6.07, 6.45) is 7.00. The fourth-order valence-electron chi connectivity index (χ4n) is 2.66. The van der Waals surface area contributed by atoms with Gasteiger partial charge in [-0.2, -0.15) is 0 Å². The van der Waals surface area contributed by atoms with E-state index in [4.69, 9.17) is 5.11 Å². The topological polar surface area (TPSA) is 69.6 Å². The lowest BCUT2D eigenvalue weighted by atomic mass is 10.0. The Morgan fingerprint density at radius 3 is 2.32 bits per heavy atom.